The fourth-order valence-electron chi connectivity index (χ4n) is 1.27. The molecule has 0 spiro atoms. The van der Waals surface area contributed by atoms with Crippen LogP contribution in [0.25, 0.3) is 0 Å². The lowest BCUT2D eigenvalue weighted by atomic mass is 10.2. The highest BCUT2D eigenvalue weighted by Crippen LogP contribution is 2.05. The van der Waals surface area contributed by atoms with Gasteiger partial charge < -0.3 is 26.4 Å². The first-order chi connectivity index (χ1) is 9.79. The summed E-state index contributed by atoms with van der Waals surface area (Å²) < 4.78 is 8.51. The van der Waals surface area contributed by atoms with E-state index in [0.717, 1.165) is 5.75 Å². The monoisotopic (exact) mass is 345 g/mol. The van der Waals surface area contributed by atoms with Crippen molar-refractivity contribution in [3.63, 3.8) is 0 Å². The van der Waals surface area contributed by atoms with Crippen molar-refractivity contribution in [3.05, 3.63) is 0 Å². The Balaban J connectivity index is 0. The summed E-state index contributed by atoms with van der Waals surface area (Å²) in [5.41, 5.74) is 5.19. The molecule has 1 heterocycles. The number of carboxylic acids is 2. The summed E-state index contributed by atoms with van der Waals surface area (Å²) in [5.74, 6) is -0.983. The normalized spacial score (nSPS) is 21.5. The van der Waals surface area contributed by atoms with Crippen LogP contribution in [0.4, 0.5) is 0 Å². The predicted octanol–water partition coefficient (Wildman–Crippen LogP) is -1.14. The van der Waals surface area contributed by atoms with E-state index in [2.05, 4.69) is 5.32 Å². The molecule has 1 unspecified atom stereocenters. The fraction of sp³-hybridized carbons (Fsp3) is 0.800. The van der Waals surface area contributed by atoms with Crippen molar-refractivity contribution >= 4 is 32.4 Å². The number of hydrogen-bond acceptors (Lipinski definition) is 7. The molecule has 0 saturated carbocycles. The Labute approximate surface area is 128 Å². The second-order valence-electron chi connectivity index (χ2n) is 4.01. The van der Waals surface area contributed by atoms with E-state index >= 15 is 0 Å². The summed E-state index contributed by atoms with van der Waals surface area (Å²) in [4.78, 5) is 27.3. The van der Waals surface area contributed by atoms with Crippen molar-refractivity contribution in [3.8, 4) is 0 Å². The van der Waals surface area contributed by atoms with Crippen molar-refractivity contribution < 1.29 is 34.4 Å². The molecule has 0 aromatic carbocycles. The third-order valence-electron chi connectivity index (χ3n) is 2.36. The Bertz CT molecular complexity index is 322. The van der Waals surface area contributed by atoms with Crippen LogP contribution in [0.5, 0.6) is 0 Å². The topological polar surface area (TPSA) is 170 Å². The molecule has 11 heteroatoms. The van der Waals surface area contributed by atoms with Crippen molar-refractivity contribution in [2.24, 2.45) is 5.73 Å². The molecule has 124 valence electrons. The zero-order valence-electron chi connectivity index (χ0n) is 11.6. The molecule has 0 aromatic heterocycles. The Morgan fingerprint density at radius 1 is 1.48 bits per heavy atom. The van der Waals surface area contributed by atoms with Crippen molar-refractivity contribution in [1.29, 1.82) is 0 Å². The zero-order valence-corrected chi connectivity index (χ0v) is 13.4. The number of hydrogen-bond donors (Lipinski definition) is 6. The van der Waals surface area contributed by atoms with Gasteiger partial charge in [0.05, 0.1) is 6.10 Å². The van der Waals surface area contributed by atoms with Crippen molar-refractivity contribution in [1.82, 2.24) is 5.32 Å². The molecule has 0 aliphatic carbocycles. The first kappa shape index (κ1) is 22.5. The van der Waals surface area contributed by atoms with Gasteiger partial charge in [0.2, 0.25) is 0 Å². The van der Waals surface area contributed by atoms with Crippen LogP contribution in [-0.4, -0.2) is 68.9 Å². The molecule has 0 aromatic rings. The number of carboxylic acid groups (broad SMARTS) is 2. The third-order valence-corrected chi connectivity index (χ3v) is 3.00. The van der Waals surface area contributed by atoms with Crippen LogP contribution in [0.2, 0.25) is 0 Å². The number of aliphatic hydroxyl groups excluding tert-OH is 1. The SMILES string of the molecule is CSCC[C@H](N)C(=O)O.O=C(O)[C@@H]1C[C@@H](O)CN1.O=[PH+]O. The molecule has 4 atom stereocenters. The van der Waals surface area contributed by atoms with Crippen LogP contribution < -0.4 is 11.1 Å². The third kappa shape index (κ3) is 13.9. The standard InChI is InChI=1S/C5H9NO3.C5H11NO2S.HO2P/c7-3-1-4(5(8)9)6-2-3;1-9-3-2-4(6)5(7)8;1-3-2/h3-4,6-7H,1-2H2,(H,8,9);4H,2-3,6H2,1H3,(H,7,8);3H/p+1/t3-,4+;4-;/m10./s1. The van der Waals surface area contributed by atoms with E-state index in [-0.39, 0.29) is 0 Å². The summed E-state index contributed by atoms with van der Waals surface area (Å²) in [6.45, 7) is 0.400. The van der Waals surface area contributed by atoms with E-state index in [1.807, 2.05) is 6.26 Å². The second-order valence-corrected chi connectivity index (χ2v) is 5.17. The summed E-state index contributed by atoms with van der Waals surface area (Å²) in [5, 5.41) is 28.1. The van der Waals surface area contributed by atoms with Gasteiger partial charge in [-0.2, -0.15) is 16.7 Å². The van der Waals surface area contributed by atoms with Gasteiger partial charge in [-0.25, -0.2) is 0 Å². The molecular formula is C10H22N2O7PS+. The molecule has 0 amide bonds. The van der Waals surface area contributed by atoms with E-state index in [9.17, 15) is 9.59 Å². The number of carbonyl (C=O) groups is 2. The van der Waals surface area contributed by atoms with E-state index in [1.54, 1.807) is 11.8 Å². The lowest BCUT2D eigenvalue weighted by Crippen LogP contribution is -2.30. The van der Waals surface area contributed by atoms with Gasteiger partial charge in [0.1, 0.15) is 12.1 Å². The molecule has 1 fully saturated rings. The first-order valence-electron chi connectivity index (χ1n) is 5.92. The summed E-state index contributed by atoms with van der Waals surface area (Å²) in [7, 11) is -1.17. The average Bonchev–Trinajstić information content (AvgIpc) is 2.84. The lowest BCUT2D eigenvalue weighted by Gasteiger charge is -2.02. The average molecular weight is 345 g/mol. The van der Waals surface area contributed by atoms with Crippen LogP contribution in [0.1, 0.15) is 12.8 Å². The van der Waals surface area contributed by atoms with Gasteiger partial charge in [0.25, 0.3) is 0 Å². The van der Waals surface area contributed by atoms with Crippen LogP contribution in [0.15, 0.2) is 0 Å². The highest BCUT2D eigenvalue weighted by Gasteiger charge is 2.27. The van der Waals surface area contributed by atoms with Gasteiger partial charge in [0.15, 0.2) is 0 Å². The number of aliphatic carboxylic acids is 2. The maximum absolute atomic E-state index is 10.2. The predicted molar refractivity (Wildman–Crippen MR) is 79.9 cm³/mol. The molecular weight excluding hydrogens is 323 g/mol. The number of rotatable bonds is 5. The van der Waals surface area contributed by atoms with Crippen LogP contribution >= 0.6 is 20.4 Å². The lowest BCUT2D eigenvalue weighted by molar-refractivity contribution is -0.139. The largest absolute Gasteiger partial charge is 0.491 e. The van der Waals surface area contributed by atoms with E-state index in [1.165, 1.54) is 0 Å². The van der Waals surface area contributed by atoms with E-state index < -0.39 is 38.8 Å². The Hall–Kier alpha value is -0.770. The summed E-state index contributed by atoms with van der Waals surface area (Å²) >= 11 is 1.60. The number of β-amino-alcohol motifs (C(OH)–C–C–N with tert-alkyl or cyclic N) is 1. The highest BCUT2D eigenvalue weighted by molar-refractivity contribution is 7.98. The smallest absolute Gasteiger partial charge is 0.480 e. The van der Waals surface area contributed by atoms with Gasteiger partial charge in [-0.3, -0.25) is 9.59 Å². The number of thioether (sulfide) groups is 1. The summed E-state index contributed by atoms with van der Waals surface area (Å²) in [6, 6.07) is -1.22. The van der Waals surface area contributed by atoms with Gasteiger partial charge in [-0.15, -0.1) is 0 Å². The number of nitrogens with one attached hydrogen (secondary N) is 1. The molecule has 1 aliphatic heterocycles. The molecule has 1 saturated heterocycles. The Kier molecular flexibility index (Phi) is 15.2. The molecule has 21 heavy (non-hydrogen) atoms. The second kappa shape index (κ2) is 14.2. The van der Waals surface area contributed by atoms with Crippen molar-refractivity contribution in [2.75, 3.05) is 18.6 Å². The molecule has 9 nitrogen and oxygen atoms in total. The molecule has 1 aliphatic rings. The Morgan fingerprint density at radius 3 is 2.24 bits per heavy atom. The van der Waals surface area contributed by atoms with Gasteiger partial charge in [-0.05, 0) is 23.0 Å². The molecule has 1 rings (SSSR count). The van der Waals surface area contributed by atoms with Gasteiger partial charge in [0, 0.05) is 13.0 Å². The maximum atomic E-state index is 10.2. The highest BCUT2D eigenvalue weighted by atomic mass is 32.2. The van der Waals surface area contributed by atoms with Crippen molar-refractivity contribution in [2.45, 2.75) is 31.0 Å². The van der Waals surface area contributed by atoms with Gasteiger partial charge in [-0.1, -0.05) is 0 Å². The fourth-order valence-corrected chi connectivity index (χ4v) is 1.76. The summed E-state index contributed by atoms with van der Waals surface area (Å²) in [6.07, 6.45) is 2.33. The quantitative estimate of drug-likeness (QED) is 0.335. The molecule has 7 N–H and O–H groups in total. The van der Waals surface area contributed by atoms with Gasteiger partial charge >= 0.3 is 20.6 Å². The van der Waals surface area contributed by atoms with Crippen LogP contribution in [-0.2, 0) is 14.2 Å². The zero-order chi connectivity index (χ0) is 16.8. The number of nitrogens with two attached hydrogens (primary N) is 1. The maximum Gasteiger partial charge on any atom is 0.491 e. The number of aliphatic hydroxyl groups is 1. The van der Waals surface area contributed by atoms with E-state index in [4.69, 9.17) is 30.5 Å². The first-order valence-corrected chi connectivity index (χ1v) is 8.17. The minimum Gasteiger partial charge on any atom is -0.480 e. The minimum absolute atomic E-state index is 0.329. The Morgan fingerprint density at radius 2 is 2.00 bits per heavy atom. The molecule has 0 radical (unpaired) electrons. The minimum atomic E-state index is -1.17. The van der Waals surface area contributed by atoms with Crippen LogP contribution in [0, 0.1) is 0 Å². The molecule has 0 bridgehead atoms. The van der Waals surface area contributed by atoms with E-state index in [0.29, 0.717) is 19.4 Å². The van der Waals surface area contributed by atoms with Crippen LogP contribution in [0.3, 0.4) is 0 Å².